The summed E-state index contributed by atoms with van der Waals surface area (Å²) in [5.74, 6) is -2.48. The highest BCUT2D eigenvalue weighted by molar-refractivity contribution is 5.70. The van der Waals surface area contributed by atoms with Crippen LogP contribution >= 0.6 is 0 Å². The van der Waals surface area contributed by atoms with Crippen LogP contribution in [-0.4, -0.2) is 53.9 Å². The Labute approximate surface area is 199 Å². The number of hydrogen-bond acceptors (Lipinski definition) is 10. The molecule has 1 aliphatic heterocycles. The Balaban J connectivity index is 1.53. The molecule has 35 heavy (non-hydrogen) atoms. The van der Waals surface area contributed by atoms with Crippen molar-refractivity contribution < 1.29 is 50.0 Å². The van der Waals surface area contributed by atoms with Gasteiger partial charge in [0.15, 0.2) is 29.1 Å². The highest BCUT2D eigenvalue weighted by Gasteiger charge is 2.36. The zero-order valence-corrected chi connectivity index (χ0v) is 18.3. The van der Waals surface area contributed by atoms with Crippen molar-refractivity contribution >= 4 is 5.97 Å². The molecule has 3 aromatic carbocycles. The normalized spacial score (nSPS) is 17.7. The fourth-order valence-electron chi connectivity index (χ4n) is 4.00. The topological polar surface area (TPSA) is 177 Å². The summed E-state index contributed by atoms with van der Waals surface area (Å²) in [6, 6.07) is 10.5. The first-order chi connectivity index (χ1) is 16.6. The van der Waals surface area contributed by atoms with Crippen LogP contribution in [0.25, 0.3) is 0 Å². The predicted octanol–water partition coefficient (Wildman–Crippen LogP) is 2.50. The molecule has 1 aliphatic rings. The molecule has 0 amide bonds. The quantitative estimate of drug-likeness (QED) is 0.203. The largest absolute Gasteiger partial charge is 0.508 e. The van der Waals surface area contributed by atoms with Crippen molar-refractivity contribution in [1.29, 1.82) is 0 Å². The minimum absolute atomic E-state index is 0.0153. The zero-order valence-electron chi connectivity index (χ0n) is 18.3. The summed E-state index contributed by atoms with van der Waals surface area (Å²) in [6.07, 6.45) is -3.43. The smallest absolute Gasteiger partial charge is 0.308 e. The SMILES string of the molecule is O=C(CC(O)Cc1ccc(O)c(O)c1)OC1Cc2c(O)cc(O)cc2OC1c1ccc(O)c(O)c1. The highest BCUT2D eigenvalue weighted by Crippen LogP contribution is 2.44. The molecule has 3 aromatic rings. The van der Waals surface area contributed by atoms with Crippen molar-refractivity contribution in [3.63, 3.8) is 0 Å². The fourth-order valence-corrected chi connectivity index (χ4v) is 4.00. The van der Waals surface area contributed by atoms with Gasteiger partial charge in [-0.2, -0.15) is 0 Å². The first kappa shape index (κ1) is 23.8. The van der Waals surface area contributed by atoms with Crippen LogP contribution in [0.5, 0.6) is 40.2 Å². The van der Waals surface area contributed by atoms with E-state index in [-0.39, 0.29) is 53.8 Å². The van der Waals surface area contributed by atoms with Gasteiger partial charge in [0.05, 0.1) is 12.5 Å². The first-order valence-corrected chi connectivity index (χ1v) is 10.7. The van der Waals surface area contributed by atoms with E-state index in [0.717, 1.165) is 6.07 Å². The number of carbonyl (C=O) groups excluding carboxylic acids is 1. The van der Waals surface area contributed by atoms with Crippen LogP contribution in [0.1, 0.15) is 29.2 Å². The lowest BCUT2D eigenvalue weighted by Crippen LogP contribution is -2.35. The monoisotopic (exact) mass is 484 g/mol. The minimum Gasteiger partial charge on any atom is -0.508 e. The number of esters is 1. The van der Waals surface area contributed by atoms with Gasteiger partial charge in [0.1, 0.15) is 23.4 Å². The molecule has 1 heterocycles. The maximum Gasteiger partial charge on any atom is 0.308 e. The van der Waals surface area contributed by atoms with E-state index in [0.29, 0.717) is 16.7 Å². The van der Waals surface area contributed by atoms with Gasteiger partial charge in [0.25, 0.3) is 0 Å². The third-order valence-electron chi connectivity index (χ3n) is 5.69. The van der Waals surface area contributed by atoms with E-state index in [1.165, 1.54) is 42.5 Å². The van der Waals surface area contributed by atoms with Gasteiger partial charge >= 0.3 is 5.97 Å². The van der Waals surface area contributed by atoms with Crippen molar-refractivity contribution in [1.82, 2.24) is 0 Å². The molecule has 0 aromatic heterocycles. The van der Waals surface area contributed by atoms with Gasteiger partial charge in [-0.15, -0.1) is 0 Å². The molecule has 3 unspecified atom stereocenters. The number of ether oxygens (including phenoxy) is 2. The third-order valence-corrected chi connectivity index (χ3v) is 5.69. The highest BCUT2D eigenvalue weighted by atomic mass is 16.6. The Morgan fingerprint density at radius 3 is 2.26 bits per heavy atom. The second-order valence-corrected chi connectivity index (χ2v) is 8.35. The van der Waals surface area contributed by atoms with Gasteiger partial charge in [-0.1, -0.05) is 12.1 Å². The molecule has 0 spiro atoms. The summed E-state index contributed by atoms with van der Waals surface area (Å²) in [4.78, 5) is 12.7. The number of aliphatic hydroxyl groups is 1. The van der Waals surface area contributed by atoms with Crippen LogP contribution < -0.4 is 4.74 Å². The molecular formula is C25H24O10. The number of aliphatic hydroxyl groups excluding tert-OH is 1. The number of aromatic hydroxyl groups is 6. The molecule has 7 N–H and O–H groups in total. The summed E-state index contributed by atoms with van der Waals surface area (Å²) in [5.41, 5.74) is 1.17. The number of phenolic OH excluding ortho intramolecular Hbond substituents is 6. The van der Waals surface area contributed by atoms with Crippen molar-refractivity contribution in [2.75, 3.05) is 0 Å². The summed E-state index contributed by atoms with van der Waals surface area (Å²) in [7, 11) is 0. The summed E-state index contributed by atoms with van der Waals surface area (Å²) < 4.78 is 11.5. The molecule has 0 saturated heterocycles. The number of hydrogen-bond donors (Lipinski definition) is 7. The van der Waals surface area contributed by atoms with Crippen LogP contribution in [0.3, 0.4) is 0 Å². The van der Waals surface area contributed by atoms with E-state index in [1.807, 2.05) is 0 Å². The van der Waals surface area contributed by atoms with Crippen molar-refractivity contribution in [3.05, 3.63) is 65.2 Å². The standard InChI is InChI=1S/C25H24O10/c26-14(5-12-1-3-17(28)20(31)6-12)10-24(33)34-23-11-16-19(30)8-15(27)9-22(16)35-25(23)13-2-4-18(29)21(32)7-13/h1-4,6-9,14,23,25-32H,5,10-11H2. The number of phenols is 6. The summed E-state index contributed by atoms with van der Waals surface area (Å²) >= 11 is 0. The van der Waals surface area contributed by atoms with Crippen LogP contribution in [0.4, 0.5) is 0 Å². The van der Waals surface area contributed by atoms with Gasteiger partial charge in [0, 0.05) is 29.7 Å². The Morgan fingerprint density at radius 1 is 0.886 bits per heavy atom. The maximum absolute atomic E-state index is 12.7. The van der Waals surface area contributed by atoms with Gasteiger partial charge < -0.3 is 45.2 Å². The molecular weight excluding hydrogens is 460 g/mol. The molecule has 4 rings (SSSR count). The first-order valence-electron chi connectivity index (χ1n) is 10.7. The summed E-state index contributed by atoms with van der Waals surface area (Å²) in [6.45, 7) is 0. The fraction of sp³-hybridized carbons (Fsp3) is 0.240. The van der Waals surface area contributed by atoms with Crippen molar-refractivity contribution in [2.45, 2.75) is 37.6 Å². The second kappa shape index (κ2) is 9.51. The molecule has 10 nitrogen and oxygen atoms in total. The van der Waals surface area contributed by atoms with E-state index in [4.69, 9.17) is 9.47 Å². The molecule has 0 fully saturated rings. The van der Waals surface area contributed by atoms with Gasteiger partial charge in [-0.05, 0) is 36.2 Å². The van der Waals surface area contributed by atoms with Crippen molar-refractivity contribution in [3.8, 4) is 40.2 Å². The van der Waals surface area contributed by atoms with Crippen LogP contribution in [0, 0.1) is 0 Å². The molecule has 0 aliphatic carbocycles. The second-order valence-electron chi connectivity index (χ2n) is 8.35. The number of benzene rings is 3. The zero-order chi connectivity index (χ0) is 25.3. The number of rotatable bonds is 6. The van der Waals surface area contributed by atoms with E-state index >= 15 is 0 Å². The van der Waals surface area contributed by atoms with Gasteiger partial charge in [-0.3, -0.25) is 4.79 Å². The maximum atomic E-state index is 12.7. The van der Waals surface area contributed by atoms with E-state index < -0.39 is 30.0 Å². The van der Waals surface area contributed by atoms with Crippen LogP contribution in [0.2, 0.25) is 0 Å². The van der Waals surface area contributed by atoms with Crippen LogP contribution in [0.15, 0.2) is 48.5 Å². The van der Waals surface area contributed by atoms with Crippen LogP contribution in [-0.2, 0) is 22.4 Å². The third kappa shape index (κ3) is 5.28. The molecule has 184 valence electrons. The average Bonchev–Trinajstić information content (AvgIpc) is 2.78. The molecule has 0 radical (unpaired) electrons. The summed E-state index contributed by atoms with van der Waals surface area (Å²) in [5, 5.41) is 69.0. The minimum atomic E-state index is -1.15. The number of carbonyl (C=O) groups is 1. The van der Waals surface area contributed by atoms with E-state index in [9.17, 15) is 40.5 Å². The van der Waals surface area contributed by atoms with E-state index in [2.05, 4.69) is 0 Å². The Hall–Kier alpha value is -4.31. The molecule has 3 atom stereocenters. The Morgan fingerprint density at radius 2 is 1.57 bits per heavy atom. The molecule has 10 heteroatoms. The lowest BCUT2D eigenvalue weighted by Gasteiger charge is -2.34. The lowest BCUT2D eigenvalue weighted by molar-refractivity contribution is -0.157. The number of fused-ring (bicyclic) bond motifs is 1. The van der Waals surface area contributed by atoms with Gasteiger partial charge in [-0.25, -0.2) is 0 Å². The Kier molecular flexibility index (Phi) is 6.48. The average molecular weight is 484 g/mol. The van der Waals surface area contributed by atoms with Crippen molar-refractivity contribution in [2.24, 2.45) is 0 Å². The molecule has 0 saturated carbocycles. The Bertz CT molecular complexity index is 1260. The predicted molar refractivity (Wildman–Crippen MR) is 121 cm³/mol. The lowest BCUT2D eigenvalue weighted by atomic mass is 9.93. The van der Waals surface area contributed by atoms with E-state index in [1.54, 1.807) is 0 Å². The molecule has 0 bridgehead atoms. The van der Waals surface area contributed by atoms with Gasteiger partial charge in [0.2, 0.25) is 0 Å².